The van der Waals surface area contributed by atoms with Gasteiger partial charge in [0.2, 0.25) is 0 Å². The molecule has 3 N–H and O–H groups in total. The molecule has 0 atom stereocenters. The Bertz CT molecular complexity index is 414. The van der Waals surface area contributed by atoms with Gasteiger partial charge in [0.1, 0.15) is 5.84 Å². The first-order valence-electron chi connectivity index (χ1n) is 7.13. The van der Waals surface area contributed by atoms with Crippen LogP contribution in [0.4, 0.5) is 0 Å². The minimum atomic E-state index is -3.48. The molecule has 8 heteroatoms. The highest BCUT2D eigenvalue weighted by Gasteiger charge is 2.31. The monoisotopic (exact) mass is 306 g/mol. The molecule has 0 saturated carbocycles. The van der Waals surface area contributed by atoms with Crippen LogP contribution in [0.2, 0.25) is 0 Å². The predicted molar refractivity (Wildman–Crippen MR) is 78.8 cm³/mol. The summed E-state index contributed by atoms with van der Waals surface area (Å²) in [5.74, 6) is 0.0433. The van der Waals surface area contributed by atoms with Gasteiger partial charge in [0, 0.05) is 32.1 Å². The van der Waals surface area contributed by atoms with Gasteiger partial charge in [-0.1, -0.05) is 18.0 Å². The Hall–Kier alpha value is -0.860. The van der Waals surface area contributed by atoms with Crippen LogP contribution in [-0.2, 0) is 10.2 Å². The topological polar surface area (TPSA) is 99.2 Å². The maximum atomic E-state index is 12.7. The zero-order valence-electron chi connectivity index (χ0n) is 12.3. The first kappa shape index (κ1) is 17.2. The Labute approximate surface area is 121 Å². The number of nitrogens with zero attached hydrogens (tertiary/aromatic N) is 3. The van der Waals surface area contributed by atoms with Crippen LogP contribution in [0, 0.1) is 0 Å². The molecular weight excluding hydrogens is 280 g/mol. The highest BCUT2D eigenvalue weighted by molar-refractivity contribution is 7.86. The molecule has 1 fully saturated rings. The van der Waals surface area contributed by atoms with Gasteiger partial charge < -0.3 is 10.9 Å². The van der Waals surface area contributed by atoms with E-state index in [9.17, 15) is 8.42 Å². The summed E-state index contributed by atoms with van der Waals surface area (Å²) in [5, 5.41) is 11.4. The largest absolute Gasteiger partial charge is 0.409 e. The van der Waals surface area contributed by atoms with E-state index in [1.54, 1.807) is 4.31 Å². The first-order chi connectivity index (χ1) is 9.39. The molecule has 20 heavy (non-hydrogen) atoms. The summed E-state index contributed by atoms with van der Waals surface area (Å²) in [7, 11) is -3.48. The summed E-state index contributed by atoms with van der Waals surface area (Å²) in [4.78, 5) is 0. The van der Waals surface area contributed by atoms with Crippen molar-refractivity contribution in [2.24, 2.45) is 10.9 Å². The van der Waals surface area contributed by atoms with Crippen LogP contribution in [-0.4, -0.2) is 53.7 Å². The number of hydrogen-bond donors (Lipinski definition) is 2. The quantitative estimate of drug-likeness (QED) is 0.330. The third kappa shape index (κ3) is 4.60. The minimum absolute atomic E-state index is 0.0433. The van der Waals surface area contributed by atoms with E-state index in [2.05, 4.69) is 5.16 Å². The lowest BCUT2D eigenvalue weighted by Gasteiger charge is -2.31. The van der Waals surface area contributed by atoms with Gasteiger partial charge in [-0.3, -0.25) is 0 Å². The number of rotatable bonds is 6. The number of oxime groups is 1. The molecule has 0 bridgehead atoms. The van der Waals surface area contributed by atoms with Crippen molar-refractivity contribution in [1.29, 1.82) is 0 Å². The van der Waals surface area contributed by atoms with Crippen LogP contribution in [0.15, 0.2) is 5.16 Å². The van der Waals surface area contributed by atoms with E-state index >= 15 is 0 Å². The molecule has 1 saturated heterocycles. The molecule has 0 radical (unpaired) electrons. The summed E-state index contributed by atoms with van der Waals surface area (Å²) >= 11 is 0. The van der Waals surface area contributed by atoms with Crippen molar-refractivity contribution >= 4 is 16.0 Å². The SMILES string of the molecule is CC(C)N(CCC(N)=NO)S(=O)(=O)N1CCCCCC1. The Morgan fingerprint density at radius 1 is 1.30 bits per heavy atom. The summed E-state index contributed by atoms with van der Waals surface area (Å²) in [5.41, 5.74) is 5.43. The number of nitrogens with two attached hydrogens (primary N) is 1. The van der Waals surface area contributed by atoms with Crippen molar-refractivity contribution in [3.63, 3.8) is 0 Å². The highest BCUT2D eigenvalue weighted by Crippen LogP contribution is 2.18. The molecule has 1 rings (SSSR count). The van der Waals surface area contributed by atoms with Gasteiger partial charge in [0.25, 0.3) is 10.2 Å². The Morgan fingerprint density at radius 2 is 1.85 bits per heavy atom. The van der Waals surface area contributed by atoms with Gasteiger partial charge in [-0.2, -0.15) is 17.0 Å². The van der Waals surface area contributed by atoms with Crippen LogP contribution < -0.4 is 5.73 Å². The Kier molecular flexibility index (Phi) is 6.70. The molecule has 0 spiro atoms. The van der Waals surface area contributed by atoms with Gasteiger partial charge in [-0.15, -0.1) is 0 Å². The van der Waals surface area contributed by atoms with Crippen LogP contribution >= 0.6 is 0 Å². The molecule has 118 valence electrons. The van der Waals surface area contributed by atoms with Crippen LogP contribution in [0.25, 0.3) is 0 Å². The van der Waals surface area contributed by atoms with E-state index in [4.69, 9.17) is 10.9 Å². The molecule has 0 aliphatic carbocycles. The number of amidine groups is 1. The third-order valence-corrected chi connectivity index (χ3v) is 5.70. The van der Waals surface area contributed by atoms with Gasteiger partial charge in [-0.25, -0.2) is 0 Å². The molecule has 0 unspecified atom stereocenters. The van der Waals surface area contributed by atoms with Crippen molar-refractivity contribution < 1.29 is 13.6 Å². The van der Waals surface area contributed by atoms with Crippen molar-refractivity contribution in [2.75, 3.05) is 19.6 Å². The molecule has 1 aliphatic rings. The van der Waals surface area contributed by atoms with Gasteiger partial charge in [0.05, 0.1) is 0 Å². The molecule has 0 aromatic carbocycles. The lowest BCUT2D eigenvalue weighted by Crippen LogP contribution is -2.48. The van der Waals surface area contributed by atoms with E-state index in [-0.39, 0.29) is 24.8 Å². The molecule has 0 aromatic heterocycles. The summed E-state index contributed by atoms with van der Waals surface area (Å²) in [6, 6.07) is -0.158. The van der Waals surface area contributed by atoms with E-state index in [0.29, 0.717) is 13.1 Å². The lowest BCUT2D eigenvalue weighted by molar-refractivity contribution is 0.302. The Morgan fingerprint density at radius 3 is 2.30 bits per heavy atom. The fraction of sp³-hybridized carbons (Fsp3) is 0.917. The summed E-state index contributed by atoms with van der Waals surface area (Å²) in [6.07, 6.45) is 4.20. The average molecular weight is 306 g/mol. The van der Waals surface area contributed by atoms with Crippen LogP contribution in [0.1, 0.15) is 46.0 Å². The van der Waals surface area contributed by atoms with E-state index in [1.807, 2.05) is 13.8 Å². The predicted octanol–water partition coefficient (Wildman–Crippen LogP) is 0.954. The van der Waals surface area contributed by atoms with Crippen LogP contribution in [0.5, 0.6) is 0 Å². The minimum Gasteiger partial charge on any atom is -0.409 e. The number of hydrogen-bond acceptors (Lipinski definition) is 4. The molecule has 0 amide bonds. The summed E-state index contributed by atoms with van der Waals surface area (Å²) in [6.45, 7) is 5.06. The first-order valence-corrected chi connectivity index (χ1v) is 8.52. The molecule has 0 aromatic rings. The molecule has 1 aliphatic heterocycles. The second-order valence-electron chi connectivity index (χ2n) is 5.37. The smallest absolute Gasteiger partial charge is 0.282 e. The van der Waals surface area contributed by atoms with Crippen molar-refractivity contribution in [3.05, 3.63) is 0 Å². The Balaban J connectivity index is 2.82. The zero-order chi connectivity index (χ0) is 15.2. The molecular formula is C12H26N4O3S. The standard InChI is InChI=1S/C12H26N4O3S/c1-11(2)16(10-7-12(13)14-17)20(18,19)15-8-5-3-4-6-9-15/h11,17H,3-10H2,1-2H3,(H2,13,14). The molecule has 1 heterocycles. The fourth-order valence-corrected chi connectivity index (χ4v) is 4.21. The van der Waals surface area contributed by atoms with Crippen molar-refractivity contribution in [2.45, 2.75) is 52.0 Å². The van der Waals surface area contributed by atoms with E-state index in [0.717, 1.165) is 25.7 Å². The normalized spacial score (nSPS) is 19.5. The van der Waals surface area contributed by atoms with Gasteiger partial charge in [-0.05, 0) is 26.7 Å². The maximum Gasteiger partial charge on any atom is 0.282 e. The lowest BCUT2D eigenvalue weighted by atomic mass is 10.2. The van der Waals surface area contributed by atoms with Gasteiger partial charge in [0.15, 0.2) is 0 Å². The highest BCUT2D eigenvalue weighted by atomic mass is 32.2. The van der Waals surface area contributed by atoms with Gasteiger partial charge >= 0.3 is 0 Å². The van der Waals surface area contributed by atoms with Crippen molar-refractivity contribution in [1.82, 2.24) is 8.61 Å². The second kappa shape index (κ2) is 7.80. The zero-order valence-corrected chi connectivity index (χ0v) is 13.1. The average Bonchev–Trinajstić information content (AvgIpc) is 2.67. The van der Waals surface area contributed by atoms with Crippen molar-refractivity contribution in [3.8, 4) is 0 Å². The summed E-state index contributed by atoms with van der Waals surface area (Å²) < 4.78 is 28.4. The van der Waals surface area contributed by atoms with E-state index < -0.39 is 10.2 Å². The second-order valence-corrected chi connectivity index (χ2v) is 7.25. The molecule has 7 nitrogen and oxygen atoms in total. The van der Waals surface area contributed by atoms with Crippen LogP contribution in [0.3, 0.4) is 0 Å². The fourth-order valence-electron chi connectivity index (χ4n) is 2.34. The van der Waals surface area contributed by atoms with E-state index in [1.165, 1.54) is 4.31 Å². The third-order valence-electron chi connectivity index (χ3n) is 3.48. The maximum absolute atomic E-state index is 12.7.